The summed E-state index contributed by atoms with van der Waals surface area (Å²) in [7, 11) is 3.34. The molecule has 0 bridgehead atoms. The molecule has 0 aliphatic carbocycles. The van der Waals surface area contributed by atoms with Crippen LogP contribution in [0.3, 0.4) is 0 Å². The maximum atomic E-state index is 12.1. The Morgan fingerprint density at radius 2 is 1.82 bits per heavy atom. The average molecular weight is 320 g/mol. The van der Waals surface area contributed by atoms with E-state index in [2.05, 4.69) is 0 Å². The number of hydrogen-bond donors (Lipinski definition) is 0. The van der Waals surface area contributed by atoms with Crippen molar-refractivity contribution in [1.29, 1.82) is 0 Å². The van der Waals surface area contributed by atoms with Crippen LogP contribution in [-0.2, 0) is 11.3 Å². The molecule has 0 aromatic heterocycles. The van der Waals surface area contributed by atoms with Crippen LogP contribution in [-0.4, -0.2) is 31.6 Å². The van der Waals surface area contributed by atoms with Gasteiger partial charge in [0.25, 0.3) is 5.91 Å². The second kappa shape index (κ2) is 7.71. The third-order valence-corrected chi connectivity index (χ3v) is 3.39. The Kier molecular flexibility index (Phi) is 5.67. The number of methoxy groups -OCH3 is 1. The lowest BCUT2D eigenvalue weighted by Crippen LogP contribution is -2.30. The van der Waals surface area contributed by atoms with Crippen LogP contribution in [0.25, 0.3) is 0 Å². The van der Waals surface area contributed by atoms with Crippen LogP contribution in [0.15, 0.2) is 48.5 Å². The first-order valence-corrected chi connectivity index (χ1v) is 7.21. The molecule has 0 heterocycles. The summed E-state index contributed by atoms with van der Waals surface area (Å²) in [5.41, 5.74) is 0.979. The van der Waals surface area contributed by atoms with E-state index in [1.807, 2.05) is 18.2 Å². The molecule has 0 unspecified atom stereocenters. The van der Waals surface area contributed by atoms with E-state index in [1.165, 1.54) is 0 Å². The topological polar surface area (TPSA) is 38.8 Å². The normalized spacial score (nSPS) is 10.1. The van der Waals surface area contributed by atoms with Crippen molar-refractivity contribution in [1.82, 2.24) is 4.90 Å². The van der Waals surface area contributed by atoms with Crippen LogP contribution in [0.2, 0.25) is 5.02 Å². The van der Waals surface area contributed by atoms with Gasteiger partial charge in [0.2, 0.25) is 0 Å². The summed E-state index contributed by atoms with van der Waals surface area (Å²) in [4.78, 5) is 13.7. The van der Waals surface area contributed by atoms with E-state index in [0.717, 1.165) is 11.3 Å². The third-order valence-electron chi connectivity index (χ3n) is 3.16. The number of rotatable bonds is 6. The van der Waals surface area contributed by atoms with Crippen molar-refractivity contribution in [2.24, 2.45) is 0 Å². The molecule has 0 fully saturated rings. The Bertz CT molecular complexity index is 628. The molecule has 0 N–H and O–H groups in total. The van der Waals surface area contributed by atoms with E-state index < -0.39 is 0 Å². The first kappa shape index (κ1) is 16.2. The summed E-state index contributed by atoms with van der Waals surface area (Å²) in [5, 5.41) is 0.660. The number of carbonyl (C=O) groups is 1. The fourth-order valence-corrected chi connectivity index (χ4v) is 2.14. The number of ether oxygens (including phenoxy) is 2. The largest absolute Gasteiger partial charge is 0.497 e. The summed E-state index contributed by atoms with van der Waals surface area (Å²) in [5.74, 6) is 1.28. The Morgan fingerprint density at radius 3 is 2.45 bits per heavy atom. The summed E-state index contributed by atoms with van der Waals surface area (Å²) >= 11 is 5.94. The van der Waals surface area contributed by atoms with Gasteiger partial charge in [0.05, 0.1) is 7.11 Å². The van der Waals surface area contributed by atoms with Gasteiger partial charge in [-0.25, -0.2) is 0 Å². The second-order valence-corrected chi connectivity index (χ2v) is 5.28. The molecule has 0 spiro atoms. The lowest BCUT2D eigenvalue weighted by atomic mass is 10.2. The van der Waals surface area contributed by atoms with Gasteiger partial charge < -0.3 is 14.4 Å². The molecule has 4 nitrogen and oxygen atoms in total. The fourth-order valence-electron chi connectivity index (χ4n) is 1.92. The molecule has 0 aliphatic heterocycles. The molecule has 2 aromatic carbocycles. The van der Waals surface area contributed by atoms with Crippen molar-refractivity contribution in [3.05, 3.63) is 59.1 Å². The SMILES string of the molecule is COc1ccc(OCC(=O)N(C)Cc2cccc(Cl)c2)cc1. The molecule has 0 saturated heterocycles. The van der Waals surface area contributed by atoms with Crippen LogP contribution < -0.4 is 9.47 Å². The van der Waals surface area contributed by atoms with E-state index in [-0.39, 0.29) is 12.5 Å². The standard InChI is InChI=1S/C17H18ClNO3/c1-19(11-13-4-3-5-14(18)10-13)17(20)12-22-16-8-6-15(21-2)7-9-16/h3-10H,11-12H2,1-2H3. The van der Waals surface area contributed by atoms with Crippen molar-refractivity contribution in [3.63, 3.8) is 0 Å². The van der Waals surface area contributed by atoms with Gasteiger partial charge in [-0.15, -0.1) is 0 Å². The Balaban J connectivity index is 1.85. The van der Waals surface area contributed by atoms with Crippen LogP contribution in [0.4, 0.5) is 0 Å². The average Bonchev–Trinajstić information content (AvgIpc) is 2.53. The zero-order valence-corrected chi connectivity index (χ0v) is 13.3. The number of hydrogen-bond acceptors (Lipinski definition) is 3. The quantitative estimate of drug-likeness (QED) is 0.819. The minimum atomic E-state index is -0.101. The number of halogens is 1. The Hall–Kier alpha value is -2.20. The molecule has 22 heavy (non-hydrogen) atoms. The Labute approximate surface area is 135 Å². The molecule has 116 valence electrons. The highest BCUT2D eigenvalue weighted by atomic mass is 35.5. The lowest BCUT2D eigenvalue weighted by molar-refractivity contribution is -0.132. The zero-order valence-electron chi connectivity index (χ0n) is 12.6. The predicted octanol–water partition coefficient (Wildman–Crippen LogP) is 3.39. The van der Waals surface area contributed by atoms with E-state index in [1.54, 1.807) is 49.4 Å². The van der Waals surface area contributed by atoms with E-state index in [0.29, 0.717) is 17.3 Å². The highest BCUT2D eigenvalue weighted by Gasteiger charge is 2.10. The van der Waals surface area contributed by atoms with Crippen LogP contribution in [0, 0.1) is 0 Å². The number of likely N-dealkylation sites (N-methyl/N-ethyl adjacent to an activating group) is 1. The van der Waals surface area contributed by atoms with Gasteiger partial charge in [-0.05, 0) is 42.0 Å². The number of benzene rings is 2. The zero-order chi connectivity index (χ0) is 15.9. The highest BCUT2D eigenvalue weighted by molar-refractivity contribution is 6.30. The van der Waals surface area contributed by atoms with Crippen molar-refractivity contribution in [2.45, 2.75) is 6.54 Å². The van der Waals surface area contributed by atoms with Gasteiger partial charge in [0.15, 0.2) is 6.61 Å². The predicted molar refractivity (Wildman–Crippen MR) is 86.4 cm³/mol. The summed E-state index contributed by atoms with van der Waals surface area (Å²) < 4.78 is 10.5. The van der Waals surface area contributed by atoms with E-state index in [9.17, 15) is 4.79 Å². The molecule has 0 aliphatic rings. The minimum absolute atomic E-state index is 0.0105. The summed E-state index contributed by atoms with van der Waals surface area (Å²) in [6.07, 6.45) is 0. The van der Waals surface area contributed by atoms with Gasteiger partial charge in [-0.3, -0.25) is 4.79 Å². The fraction of sp³-hybridized carbons (Fsp3) is 0.235. The Morgan fingerprint density at radius 1 is 1.14 bits per heavy atom. The summed E-state index contributed by atoms with van der Waals surface area (Å²) in [6.45, 7) is 0.481. The van der Waals surface area contributed by atoms with Gasteiger partial charge >= 0.3 is 0 Å². The molecular formula is C17H18ClNO3. The minimum Gasteiger partial charge on any atom is -0.497 e. The van der Waals surface area contributed by atoms with Gasteiger partial charge in [0, 0.05) is 18.6 Å². The van der Waals surface area contributed by atoms with Gasteiger partial charge in [-0.2, -0.15) is 0 Å². The maximum absolute atomic E-state index is 12.1. The van der Waals surface area contributed by atoms with Crippen molar-refractivity contribution < 1.29 is 14.3 Å². The molecule has 1 amide bonds. The van der Waals surface area contributed by atoms with Gasteiger partial charge in [0.1, 0.15) is 11.5 Å². The molecule has 2 aromatic rings. The van der Waals surface area contributed by atoms with Crippen molar-refractivity contribution in [2.75, 3.05) is 20.8 Å². The maximum Gasteiger partial charge on any atom is 0.260 e. The molecule has 0 atom stereocenters. The monoisotopic (exact) mass is 319 g/mol. The highest BCUT2D eigenvalue weighted by Crippen LogP contribution is 2.17. The number of nitrogens with zero attached hydrogens (tertiary/aromatic N) is 1. The first-order valence-electron chi connectivity index (χ1n) is 6.84. The van der Waals surface area contributed by atoms with Crippen LogP contribution >= 0.6 is 11.6 Å². The molecular weight excluding hydrogens is 302 g/mol. The van der Waals surface area contributed by atoms with E-state index in [4.69, 9.17) is 21.1 Å². The second-order valence-electron chi connectivity index (χ2n) is 4.84. The number of carbonyl (C=O) groups excluding carboxylic acids is 1. The van der Waals surface area contributed by atoms with Gasteiger partial charge in [-0.1, -0.05) is 23.7 Å². The van der Waals surface area contributed by atoms with Crippen molar-refractivity contribution in [3.8, 4) is 11.5 Å². The van der Waals surface area contributed by atoms with Crippen molar-refractivity contribution >= 4 is 17.5 Å². The molecule has 5 heteroatoms. The molecule has 2 rings (SSSR count). The molecule has 0 saturated carbocycles. The first-order chi connectivity index (χ1) is 10.6. The van der Waals surface area contributed by atoms with Crippen LogP contribution in [0.1, 0.15) is 5.56 Å². The smallest absolute Gasteiger partial charge is 0.260 e. The lowest BCUT2D eigenvalue weighted by Gasteiger charge is -2.17. The number of amides is 1. The molecule has 0 radical (unpaired) electrons. The summed E-state index contributed by atoms with van der Waals surface area (Å²) in [6, 6.07) is 14.6. The third kappa shape index (κ3) is 4.67. The van der Waals surface area contributed by atoms with Crippen LogP contribution in [0.5, 0.6) is 11.5 Å². The van der Waals surface area contributed by atoms with E-state index >= 15 is 0 Å².